The van der Waals surface area contributed by atoms with E-state index in [2.05, 4.69) is 10.1 Å². The van der Waals surface area contributed by atoms with Crippen LogP contribution in [0.4, 0.5) is 24.5 Å². The average molecular weight is 364 g/mol. The molecule has 7 heteroatoms. The van der Waals surface area contributed by atoms with E-state index >= 15 is 0 Å². The van der Waals surface area contributed by atoms with Gasteiger partial charge in [0, 0.05) is 30.4 Å². The molecule has 1 N–H and O–H groups in total. The Balaban J connectivity index is 1.68. The van der Waals surface area contributed by atoms with Gasteiger partial charge in [-0.3, -0.25) is 4.79 Å². The number of hydrogen-bond donors (Lipinski definition) is 1. The highest BCUT2D eigenvalue weighted by Crippen LogP contribution is 2.28. The summed E-state index contributed by atoms with van der Waals surface area (Å²) >= 11 is 0. The molecule has 1 aliphatic rings. The van der Waals surface area contributed by atoms with Gasteiger partial charge in [0.15, 0.2) is 0 Å². The number of hydrogen-bond acceptors (Lipinski definition) is 3. The average Bonchev–Trinajstić information content (AvgIpc) is 3.00. The van der Waals surface area contributed by atoms with Gasteiger partial charge in [0.2, 0.25) is 5.91 Å². The van der Waals surface area contributed by atoms with Crippen molar-refractivity contribution in [1.82, 2.24) is 0 Å². The summed E-state index contributed by atoms with van der Waals surface area (Å²) in [5.74, 6) is -0.126. The topological polar surface area (TPSA) is 41.6 Å². The molecule has 0 radical (unpaired) electrons. The predicted molar refractivity (Wildman–Crippen MR) is 93.2 cm³/mol. The zero-order chi connectivity index (χ0) is 18.7. The molecule has 2 aromatic carbocycles. The van der Waals surface area contributed by atoms with Gasteiger partial charge in [0.1, 0.15) is 5.75 Å². The zero-order valence-corrected chi connectivity index (χ0v) is 14.2. The molecular formula is C19H19F3N2O2. The summed E-state index contributed by atoms with van der Waals surface area (Å²) in [6, 6.07) is 13.2. The Morgan fingerprint density at radius 1 is 1.15 bits per heavy atom. The fourth-order valence-corrected chi connectivity index (χ4v) is 2.98. The van der Waals surface area contributed by atoms with Gasteiger partial charge < -0.3 is 15.0 Å². The van der Waals surface area contributed by atoms with Gasteiger partial charge in [-0.2, -0.15) is 0 Å². The maximum absolute atomic E-state index is 12.2. The summed E-state index contributed by atoms with van der Waals surface area (Å²) in [6.07, 6.45) is -3.27. The summed E-state index contributed by atoms with van der Waals surface area (Å²) in [5.41, 5.74) is 2.51. The molecule has 26 heavy (non-hydrogen) atoms. The summed E-state index contributed by atoms with van der Waals surface area (Å²) < 4.78 is 40.5. The maximum Gasteiger partial charge on any atom is 0.573 e. The highest BCUT2D eigenvalue weighted by atomic mass is 19.4. The largest absolute Gasteiger partial charge is 0.573 e. The number of amides is 1. The number of carbonyl (C=O) groups excluding carboxylic acids is 1. The summed E-state index contributed by atoms with van der Waals surface area (Å²) in [6.45, 7) is 2.63. The number of nitrogens with zero attached hydrogens (tertiary/aromatic N) is 1. The van der Waals surface area contributed by atoms with Gasteiger partial charge in [0.05, 0.1) is 0 Å². The van der Waals surface area contributed by atoms with Crippen molar-refractivity contribution >= 4 is 17.3 Å². The monoisotopic (exact) mass is 364 g/mol. The lowest BCUT2D eigenvalue weighted by Gasteiger charge is -2.20. The van der Waals surface area contributed by atoms with E-state index in [1.807, 2.05) is 31.2 Å². The van der Waals surface area contributed by atoms with E-state index < -0.39 is 6.36 Å². The van der Waals surface area contributed by atoms with E-state index in [0.717, 1.165) is 29.9 Å². The van der Waals surface area contributed by atoms with Crippen LogP contribution in [0.1, 0.15) is 31.4 Å². The first-order chi connectivity index (χ1) is 12.3. The molecule has 138 valence electrons. The predicted octanol–water partition coefficient (Wildman–Crippen LogP) is 4.89. The zero-order valence-electron chi connectivity index (χ0n) is 14.2. The highest BCUT2D eigenvalue weighted by Gasteiger charge is 2.31. The van der Waals surface area contributed by atoms with Crippen molar-refractivity contribution in [1.29, 1.82) is 0 Å². The third-order valence-electron chi connectivity index (χ3n) is 4.23. The van der Waals surface area contributed by atoms with Crippen molar-refractivity contribution < 1.29 is 22.7 Å². The van der Waals surface area contributed by atoms with Crippen LogP contribution in [0.25, 0.3) is 0 Å². The van der Waals surface area contributed by atoms with Crippen molar-refractivity contribution in [2.75, 3.05) is 16.8 Å². The van der Waals surface area contributed by atoms with Crippen LogP contribution in [-0.4, -0.2) is 18.8 Å². The van der Waals surface area contributed by atoms with E-state index in [-0.39, 0.29) is 17.7 Å². The van der Waals surface area contributed by atoms with Crippen LogP contribution >= 0.6 is 0 Å². The first kappa shape index (κ1) is 18.1. The Morgan fingerprint density at radius 3 is 2.50 bits per heavy atom. The van der Waals surface area contributed by atoms with Crippen LogP contribution in [0, 0.1) is 0 Å². The molecule has 1 amide bonds. The lowest BCUT2D eigenvalue weighted by atomic mass is 10.1. The Morgan fingerprint density at radius 2 is 1.88 bits per heavy atom. The number of carbonyl (C=O) groups is 1. The minimum Gasteiger partial charge on any atom is -0.406 e. The highest BCUT2D eigenvalue weighted by molar-refractivity contribution is 5.95. The Kier molecular flexibility index (Phi) is 5.06. The number of rotatable bonds is 5. The molecule has 1 fully saturated rings. The van der Waals surface area contributed by atoms with Crippen molar-refractivity contribution in [2.45, 2.75) is 32.2 Å². The second-order valence-corrected chi connectivity index (χ2v) is 6.18. The second kappa shape index (κ2) is 7.27. The molecule has 0 spiro atoms. The normalized spacial score (nSPS) is 15.8. The molecule has 0 aliphatic carbocycles. The van der Waals surface area contributed by atoms with Gasteiger partial charge in [-0.1, -0.05) is 18.2 Å². The van der Waals surface area contributed by atoms with Crippen molar-refractivity contribution in [2.24, 2.45) is 0 Å². The van der Waals surface area contributed by atoms with E-state index in [0.29, 0.717) is 6.42 Å². The molecule has 1 aliphatic heterocycles. The first-order valence-electron chi connectivity index (χ1n) is 8.34. The van der Waals surface area contributed by atoms with Gasteiger partial charge in [-0.05, 0) is 49.2 Å². The van der Waals surface area contributed by atoms with Crippen molar-refractivity contribution in [3.05, 3.63) is 54.1 Å². The lowest BCUT2D eigenvalue weighted by molar-refractivity contribution is -0.274. The minimum absolute atomic E-state index is 0.121. The van der Waals surface area contributed by atoms with E-state index in [1.54, 1.807) is 17.0 Å². The Labute approximate surface area is 149 Å². The lowest BCUT2D eigenvalue weighted by Crippen LogP contribution is -2.23. The molecule has 0 aromatic heterocycles. The molecule has 1 unspecified atom stereocenters. The molecule has 2 aromatic rings. The number of ether oxygens (including phenoxy) is 1. The van der Waals surface area contributed by atoms with Crippen molar-refractivity contribution in [3.63, 3.8) is 0 Å². The van der Waals surface area contributed by atoms with Gasteiger partial charge in [0.25, 0.3) is 0 Å². The van der Waals surface area contributed by atoms with Crippen molar-refractivity contribution in [3.8, 4) is 5.75 Å². The van der Waals surface area contributed by atoms with Crippen LogP contribution in [0.15, 0.2) is 48.5 Å². The summed E-state index contributed by atoms with van der Waals surface area (Å²) in [7, 11) is 0. The van der Waals surface area contributed by atoms with E-state index in [9.17, 15) is 18.0 Å². The van der Waals surface area contributed by atoms with Crippen LogP contribution in [0.5, 0.6) is 5.75 Å². The molecule has 1 atom stereocenters. The van der Waals surface area contributed by atoms with E-state index in [1.165, 1.54) is 12.1 Å². The molecule has 3 rings (SSSR count). The first-order valence-corrected chi connectivity index (χ1v) is 8.34. The maximum atomic E-state index is 12.2. The molecule has 0 bridgehead atoms. The fraction of sp³-hybridized carbons (Fsp3) is 0.316. The van der Waals surface area contributed by atoms with Gasteiger partial charge in [-0.25, -0.2) is 0 Å². The van der Waals surface area contributed by atoms with Gasteiger partial charge in [-0.15, -0.1) is 13.2 Å². The number of halogens is 3. The third-order valence-corrected chi connectivity index (χ3v) is 4.23. The van der Waals surface area contributed by atoms with Crippen LogP contribution in [0.3, 0.4) is 0 Å². The number of anilines is 2. The Bertz CT molecular complexity index is 775. The smallest absolute Gasteiger partial charge is 0.406 e. The number of nitrogens with one attached hydrogen (secondary N) is 1. The fourth-order valence-electron chi connectivity index (χ4n) is 2.98. The van der Waals surface area contributed by atoms with Crippen LogP contribution < -0.4 is 15.0 Å². The van der Waals surface area contributed by atoms with Crippen LogP contribution in [-0.2, 0) is 4.79 Å². The minimum atomic E-state index is -4.70. The standard InChI is InChI=1S/C19H19F3N2O2/c1-13(14-7-9-17(10-8-14)26-19(20,21)22)23-15-4-2-5-16(12-15)24-11-3-6-18(24)25/h2,4-5,7-10,12-13,23H,3,6,11H2,1H3. The third kappa shape index (κ3) is 4.47. The SMILES string of the molecule is CC(Nc1cccc(N2CCCC2=O)c1)c1ccc(OC(F)(F)F)cc1. The number of alkyl halides is 3. The molecule has 4 nitrogen and oxygen atoms in total. The molecular weight excluding hydrogens is 345 g/mol. The quantitative estimate of drug-likeness (QED) is 0.822. The second-order valence-electron chi connectivity index (χ2n) is 6.18. The van der Waals surface area contributed by atoms with Gasteiger partial charge >= 0.3 is 6.36 Å². The molecule has 1 heterocycles. The molecule has 1 saturated heterocycles. The Hall–Kier alpha value is -2.70. The van der Waals surface area contributed by atoms with Crippen LogP contribution in [0.2, 0.25) is 0 Å². The number of benzene rings is 2. The summed E-state index contributed by atoms with van der Waals surface area (Å²) in [4.78, 5) is 13.6. The van der Waals surface area contributed by atoms with E-state index in [4.69, 9.17) is 0 Å². The summed E-state index contributed by atoms with van der Waals surface area (Å²) in [5, 5.41) is 3.30. The molecule has 0 saturated carbocycles.